The van der Waals surface area contributed by atoms with Crippen molar-refractivity contribution in [3.63, 3.8) is 0 Å². The lowest BCUT2D eigenvalue weighted by atomic mass is 10.1. The summed E-state index contributed by atoms with van der Waals surface area (Å²) in [5.41, 5.74) is 6.19. The first-order chi connectivity index (χ1) is 6.79. The van der Waals surface area contributed by atoms with Gasteiger partial charge in [-0.15, -0.1) is 11.3 Å². The van der Waals surface area contributed by atoms with Gasteiger partial charge in [0.25, 0.3) is 0 Å². The number of likely N-dealkylation sites (N-methyl/N-ethyl adjacent to an activating group) is 1. The molecule has 2 heterocycles. The molecule has 0 radical (unpaired) electrons. The third kappa shape index (κ3) is 1.97. The van der Waals surface area contributed by atoms with Gasteiger partial charge in [-0.2, -0.15) is 0 Å². The number of nitrogens with two attached hydrogens (primary N) is 1. The van der Waals surface area contributed by atoms with Crippen LogP contribution in [0.25, 0.3) is 0 Å². The Balaban J connectivity index is 2.20. The van der Waals surface area contributed by atoms with Gasteiger partial charge < -0.3 is 5.73 Å². The molecule has 4 heteroatoms. The Morgan fingerprint density at radius 3 is 3.14 bits per heavy atom. The molecule has 0 saturated carbocycles. The van der Waals surface area contributed by atoms with E-state index in [0.717, 1.165) is 13.0 Å². The summed E-state index contributed by atoms with van der Waals surface area (Å²) in [4.78, 5) is 6.72. The monoisotopic (exact) mass is 211 g/mol. The Morgan fingerprint density at radius 2 is 2.43 bits per heavy atom. The second-order valence-corrected chi connectivity index (χ2v) is 4.88. The van der Waals surface area contributed by atoms with Crippen molar-refractivity contribution in [2.24, 2.45) is 5.73 Å². The number of hydrogen-bond acceptors (Lipinski definition) is 4. The highest BCUT2D eigenvalue weighted by Crippen LogP contribution is 2.29. The summed E-state index contributed by atoms with van der Waals surface area (Å²) in [6.45, 7) is 1.14. The molecule has 0 amide bonds. The minimum Gasteiger partial charge on any atom is -0.326 e. The second kappa shape index (κ2) is 4.38. The van der Waals surface area contributed by atoms with E-state index in [1.54, 1.807) is 11.3 Å². The fraction of sp³-hybridized carbons (Fsp3) is 0.700. The fourth-order valence-corrected chi connectivity index (χ4v) is 2.99. The lowest BCUT2D eigenvalue weighted by molar-refractivity contribution is 0.229. The number of hydrogen-bond donors (Lipinski definition) is 1. The molecule has 1 saturated heterocycles. The zero-order valence-corrected chi connectivity index (χ0v) is 9.33. The first-order valence-corrected chi connectivity index (χ1v) is 6.02. The van der Waals surface area contributed by atoms with E-state index < -0.39 is 0 Å². The molecular weight excluding hydrogens is 194 g/mol. The maximum Gasteiger partial charge on any atom is 0.111 e. The van der Waals surface area contributed by atoms with E-state index in [4.69, 9.17) is 5.73 Å². The first kappa shape index (κ1) is 10.1. The average Bonchev–Trinajstić information content (AvgIpc) is 2.61. The first-order valence-electron chi connectivity index (χ1n) is 5.14. The minimum absolute atomic E-state index is 0.244. The Labute approximate surface area is 88.9 Å². The maximum absolute atomic E-state index is 6.19. The molecule has 14 heavy (non-hydrogen) atoms. The Hall–Kier alpha value is -0.450. The van der Waals surface area contributed by atoms with E-state index in [0.29, 0.717) is 6.04 Å². The summed E-state index contributed by atoms with van der Waals surface area (Å²) in [6.07, 6.45) is 5.49. The summed E-state index contributed by atoms with van der Waals surface area (Å²) in [5, 5.41) is 3.20. The molecule has 2 atom stereocenters. The largest absolute Gasteiger partial charge is 0.326 e. The quantitative estimate of drug-likeness (QED) is 0.767. The van der Waals surface area contributed by atoms with Crippen molar-refractivity contribution in [1.29, 1.82) is 0 Å². The van der Waals surface area contributed by atoms with Crippen LogP contribution < -0.4 is 5.73 Å². The van der Waals surface area contributed by atoms with E-state index in [-0.39, 0.29) is 6.04 Å². The van der Waals surface area contributed by atoms with Crippen molar-refractivity contribution in [3.05, 3.63) is 16.6 Å². The van der Waals surface area contributed by atoms with Crippen LogP contribution in [0, 0.1) is 0 Å². The number of likely N-dealkylation sites (tertiary alicyclic amines) is 1. The minimum atomic E-state index is 0.244. The van der Waals surface area contributed by atoms with Crippen LogP contribution in [0.4, 0.5) is 0 Å². The topological polar surface area (TPSA) is 42.1 Å². The standard InChI is InChI=1S/C10H17N3S/c1-13-6-3-2-4-8(11)9(13)10-12-5-7-14-10/h5,7-9H,2-4,6,11H2,1H3. The van der Waals surface area contributed by atoms with Crippen LogP contribution in [-0.4, -0.2) is 29.5 Å². The van der Waals surface area contributed by atoms with E-state index in [1.165, 1.54) is 17.8 Å². The molecule has 2 unspecified atom stereocenters. The molecule has 1 aromatic rings. The smallest absolute Gasteiger partial charge is 0.111 e. The molecule has 3 nitrogen and oxygen atoms in total. The molecule has 1 aromatic heterocycles. The van der Waals surface area contributed by atoms with Gasteiger partial charge in [0.15, 0.2) is 0 Å². The van der Waals surface area contributed by atoms with Gasteiger partial charge >= 0.3 is 0 Å². The molecule has 0 spiro atoms. The number of thiazole rings is 1. The molecule has 2 N–H and O–H groups in total. The van der Waals surface area contributed by atoms with Crippen molar-refractivity contribution < 1.29 is 0 Å². The Kier molecular flexibility index (Phi) is 3.15. The van der Waals surface area contributed by atoms with Crippen molar-refractivity contribution in [2.75, 3.05) is 13.6 Å². The van der Waals surface area contributed by atoms with Crippen LogP contribution in [0.15, 0.2) is 11.6 Å². The molecule has 1 aliphatic rings. The van der Waals surface area contributed by atoms with E-state index >= 15 is 0 Å². The Morgan fingerprint density at radius 1 is 1.57 bits per heavy atom. The molecule has 1 fully saturated rings. The third-order valence-corrected chi connectivity index (χ3v) is 3.73. The summed E-state index contributed by atoms with van der Waals surface area (Å²) in [7, 11) is 2.15. The van der Waals surface area contributed by atoms with Crippen LogP contribution in [0.1, 0.15) is 30.3 Å². The predicted octanol–water partition coefficient (Wildman–Crippen LogP) is 1.63. The van der Waals surface area contributed by atoms with Gasteiger partial charge in [-0.3, -0.25) is 4.90 Å². The molecule has 2 rings (SSSR count). The SMILES string of the molecule is CN1CCCCC(N)C1c1nccs1. The summed E-state index contributed by atoms with van der Waals surface area (Å²) in [6, 6.07) is 0.575. The normalized spacial score (nSPS) is 30.1. The van der Waals surface area contributed by atoms with Gasteiger partial charge in [0, 0.05) is 17.6 Å². The molecule has 0 aliphatic carbocycles. The van der Waals surface area contributed by atoms with Gasteiger partial charge in [-0.05, 0) is 26.4 Å². The van der Waals surface area contributed by atoms with Crippen molar-refractivity contribution >= 4 is 11.3 Å². The van der Waals surface area contributed by atoms with Crippen molar-refractivity contribution in [2.45, 2.75) is 31.3 Å². The van der Waals surface area contributed by atoms with Crippen LogP contribution in [0.3, 0.4) is 0 Å². The second-order valence-electron chi connectivity index (χ2n) is 3.96. The molecule has 78 valence electrons. The molecule has 0 aromatic carbocycles. The predicted molar refractivity (Wildman–Crippen MR) is 59.3 cm³/mol. The van der Waals surface area contributed by atoms with Gasteiger partial charge in [0.05, 0.1) is 6.04 Å². The lowest BCUT2D eigenvalue weighted by Gasteiger charge is -2.28. The van der Waals surface area contributed by atoms with E-state index in [2.05, 4.69) is 16.9 Å². The number of rotatable bonds is 1. The van der Waals surface area contributed by atoms with E-state index in [1.807, 2.05) is 11.6 Å². The van der Waals surface area contributed by atoms with Gasteiger partial charge in [-0.1, -0.05) is 6.42 Å². The number of aromatic nitrogens is 1. The van der Waals surface area contributed by atoms with Crippen molar-refractivity contribution in [1.82, 2.24) is 9.88 Å². The average molecular weight is 211 g/mol. The lowest BCUT2D eigenvalue weighted by Crippen LogP contribution is -2.37. The zero-order valence-electron chi connectivity index (χ0n) is 8.52. The van der Waals surface area contributed by atoms with Crippen LogP contribution in [-0.2, 0) is 0 Å². The molecule has 1 aliphatic heterocycles. The highest BCUT2D eigenvalue weighted by atomic mass is 32.1. The van der Waals surface area contributed by atoms with Crippen LogP contribution >= 0.6 is 11.3 Å². The highest BCUT2D eigenvalue weighted by Gasteiger charge is 2.27. The molecule has 0 bridgehead atoms. The Bertz CT molecular complexity index is 261. The third-order valence-electron chi connectivity index (χ3n) is 2.88. The fourth-order valence-electron chi connectivity index (χ4n) is 2.12. The van der Waals surface area contributed by atoms with Crippen molar-refractivity contribution in [3.8, 4) is 0 Å². The highest BCUT2D eigenvalue weighted by molar-refractivity contribution is 7.09. The summed E-state index contributed by atoms with van der Waals surface area (Å²) >= 11 is 1.71. The van der Waals surface area contributed by atoms with Gasteiger partial charge in [-0.25, -0.2) is 4.98 Å². The van der Waals surface area contributed by atoms with Crippen LogP contribution in [0.5, 0.6) is 0 Å². The molecular formula is C10H17N3S. The zero-order chi connectivity index (χ0) is 9.97. The van der Waals surface area contributed by atoms with Gasteiger partial charge in [0.2, 0.25) is 0 Å². The summed E-state index contributed by atoms with van der Waals surface area (Å²) < 4.78 is 0. The van der Waals surface area contributed by atoms with Gasteiger partial charge in [0.1, 0.15) is 5.01 Å². The maximum atomic E-state index is 6.19. The number of nitrogens with zero attached hydrogens (tertiary/aromatic N) is 2. The summed E-state index contributed by atoms with van der Waals surface area (Å²) in [5.74, 6) is 0. The van der Waals surface area contributed by atoms with E-state index in [9.17, 15) is 0 Å². The van der Waals surface area contributed by atoms with Crippen LogP contribution in [0.2, 0.25) is 0 Å².